The van der Waals surface area contributed by atoms with Gasteiger partial charge in [-0.05, 0) is 36.4 Å². The van der Waals surface area contributed by atoms with Crippen molar-refractivity contribution < 1.29 is 22.7 Å². The molecule has 0 saturated carbocycles. The molecule has 0 radical (unpaired) electrons. The lowest BCUT2D eigenvalue weighted by atomic mass is 10.1. The van der Waals surface area contributed by atoms with Crippen molar-refractivity contribution in [2.24, 2.45) is 0 Å². The molecule has 0 atom stereocenters. The van der Waals surface area contributed by atoms with Crippen LogP contribution in [0.3, 0.4) is 0 Å². The first-order valence-corrected chi connectivity index (χ1v) is 12.1. The van der Waals surface area contributed by atoms with Crippen molar-refractivity contribution in [3.8, 4) is 11.5 Å². The van der Waals surface area contributed by atoms with Gasteiger partial charge in [-0.1, -0.05) is 11.3 Å². The van der Waals surface area contributed by atoms with Crippen LogP contribution in [0.1, 0.15) is 10.4 Å². The van der Waals surface area contributed by atoms with E-state index in [0.717, 1.165) is 15.3 Å². The minimum Gasteiger partial charge on any atom is -0.454 e. The van der Waals surface area contributed by atoms with Crippen LogP contribution in [-0.2, 0) is 9.84 Å². The number of hydrogen-bond acceptors (Lipinski definition) is 8. The van der Waals surface area contributed by atoms with Gasteiger partial charge in [-0.3, -0.25) is 4.79 Å². The fourth-order valence-electron chi connectivity index (χ4n) is 3.57. The fourth-order valence-corrected chi connectivity index (χ4v) is 5.35. The van der Waals surface area contributed by atoms with Crippen molar-refractivity contribution in [1.82, 2.24) is 9.88 Å². The summed E-state index contributed by atoms with van der Waals surface area (Å²) in [5.74, 6) is 1.23. The Labute approximate surface area is 177 Å². The standard InChI is InChI=1S/C20H19N3O5S2/c1-30(25,26)14-3-4-15-18(11-14)29-20(21-15)23-8-6-22(7-9-23)19(24)13-2-5-16-17(10-13)28-12-27-16/h2-5,10-11H,6-9,12H2,1H3. The van der Waals surface area contributed by atoms with Crippen LogP contribution in [-0.4, -0.2) is 63.4 Å². The van der Waals surface area contributed by atoms with E-state index in [2.05, 4.69) is 9.88 Å². The predicted octanol–water partition coefficient (Wildman–Crippen LogP) is 2.39. The lowest BCUT2D eigenvalue weighted by molar-refractivity contribution is 0.0746. The topological polar surface area (TPSA) is 89.0 Å². The summed E-state index contributed by atoms with van der Waals surface area (Å²) < 4.78 is 35.1. The molecule has 30 heavy (non-hydrogen) atoms. The van der Waals surface area contributed by atoms with E-state index in [1.54, 1.807) is 36.4 Å². The molecule has 2 aromatic carbocycles. The van der Waals surface area contributed by atoms with Gasteiger partial charge in [0.25, 0.3) is 5.91 Å². The monoisotopic (exact) mass is 445 g/mol. The number of carbonyl (C=O) groups is 1. The molecule has 5 rings (SSSR count). The average molecular weight is 446 g/mol. The highest BCUT2D eigenvalue weighted by Crippen LogP contribution is 2.34. The van der Waals surface area contributed by atoms with Crippen LogP contribution >= 0.6 is 11.3 Å². The Morgan fingerprint density at radius 3 is 2.57 bits per heavy atom. The second-order valence-corrected chi connectivity index (χ2v) is 10.3. The number of carbonyl (C=O) groups excluding carboxylic acids is 1. The molecule has 8 nitrogen and oxygen atoms in total. The quantitative estimate of drug-likeness (QED) is 0.612. The summed E-state index contributed by atoms with van der Waals surface area (Å²) in [5, 5.41) is 0.839. The number of aromatic nitrogens is 1. The van der Waals surface area contributed by atoms with E-state index in [-0.39, 0.29) is 12.7 Å². The zero-order chi connectivity index (χ0) is 20.9. The van der Waals surface area contributed by atoms with Gasteiger partial charge in [-0.15, -0.1) is 0 Å². The van der Waals surface area contributed by atoms with Crippen LogP contribution in [0.25, 0.3) is 10.2 Å². The Hall–Kier alpha value is -2.85. The number of piperazine rings is 1. The average Bonchev–Trinajstić information content (AvgIpc) is 3.38. The van der Waals surface area contributed by atoms with Crippen molar-refractivity contribution in [2.45, 2.75) is 4.90 Å². The highest BCUT2D eigenvalue weighted by molar-refractivity contribution is 7.90. The normalized spacial score (nSPS) is 16.3. The van der Waals surface area contributed by atoms with Crippen LogP contribution in [0.5, 0.6) is 11.5 Å². The highest BCUT2D eigenvalue weighted by Gasteiger charge is 2.25. The number of thiazole rings is 1. The summed E-state index contributed by atoms with van der Waals surface area (Å²) in [5.41, 5.74) is 1.36. The number of anilines is 1. The number of ether oxygens (including phenoxy) is 2. The predicted molar refractivity (Wildman–Crippen MR) is 113 cm³/mol. The third-order valence-corrected chi connectivity index (χ3v) is 7.42. The molecule has 1 aromatic heterocycles. The number of nitrogens with zero attached hydrogens (tertiary/aromatic N) is 3. The molecule has 3 aromatic rings. The van der Waals surface area contributed by atoms with E-state index in [9.17, 15) is 13.2 Å². The minimum atomic E-state index is -3.25. The molecule has 0 N–H and O–H groups in total. The first kappa shape index (κ1) is 19.1. The van der Waals surface area contributed by atoms with E-state index in [1.807, 2.05) is 4.90 Å². The number of sulfone groups is 1. The Morgan fingerprint density at radius 2 is 1.80 bits per heavy atom. The molecule has 2 aliphatic heterocycles. The largest absolute Gasteiger partial charge is 0.454 e. The summed E-state index contributed by atoms with van der Waals surface area (Å²) in [6.07, 6.45) is 1.20. The number of benzene rings is 2. The minimum absolute atomic E-state index is 0.0324. The molecule has 0 aliphatic carbocycles. The van der Waals surface area contributed by atoms with Gasteiger partial charge in [0.1, 0.15) is 0 Å². The Bertz CT molecular complexity index is 1250. The van der Waals surface area contributed by atoms with Crippen LogP contribution in [0, 0.1) is 0 Å². The van der Waals surface area contributed by atoms with Gasteiger partial charge >= 0.3 is 0 Å². The summed E-state index contributed by atoms with van der Waals surface area (Å²) in [7, 11) is -3.25. The summed E-state index contributed by atoms with van der Waals surface area (Å²) in [6, 6.07) is 10.2. The maximum absolute atomic E-state index is 12.9. The summed E-state index contributed by atoms with van der Waals surface area (Å²) in [4.78, 5) is 21.8. The molecule has 1 saturated heterocycles. The molecule has 156 valence electrons. The lowest BCUT2D eigenvalue weighted by Crippen LogP contribution is -2.48. The summed E-state index contributed by atoms with van der Waals surface area (Å²) in [6.45, 7) is 2.67. The van der Waals surface area contributed by atoms with Gasteiger partial charge in [-0.2, -0.15) is 0 Å². The van der Waals surface area contributed by atoms with E-state index < -0.39 is 9.84 Å². The Balaban J connectivity index is 1.29. The molecule has 3 heterocycles. The van der Waals surface area contributed by atoms with Gasteiger partial charge in [-0.25, -0.2) is 13.4 Å². The molecule has 1 amide bonds. The van der Waals surface area contributed by atoms with Crippen LogP contribution in [0.4, 0.5) is 5.13 Å². The second-order valence-electron chi connectivity index (χ2n) is 7.25. The highest BCUT2D eigenvalue weighted by atomic mass is 32.2. The Kier molecular flexibility index (Phi) is 4.55. The smallest absolute Gasteiger partial charge is 0.254 e. The van der Waals surface area contributed by atoms with Crippen LogP contribution < -0.4 is 14.4 Å². The van der Waals surface area contributed by atoms with Crippen LogP contribution in [0.15, 0.2) is 41.3 Å². The first-order chi connectivity index (χ1) is 14.4. The van der Waals surface area contributed by atoms with Gasteiger partial charge in [0.2, 0.25) is 6.79 Å². The van der Waals surface area contributed by atoms with Crippen molar-refractivity contribution >= 4 is 42.4 Å². The molecule has 0 bridgehead atoms. The second kappa shape index (κ2) is 7.13. The van der Waals surface area contributed by atoms with Crippen molar-refractivity contribution in [1.29, 1.82) is 0 Å². The molecule has 0 unspecified atom stereocenters. The number of hydrogen-bond donors (Lipinski definition) is 0. The fraction of sp³-hybridized carbons (Fsp3) is 0.300. The zero-order valence-corrected chi connectivity index (χ0v) is 17.8. The maximum Gasteiger partial charge on any atom is 0.254 e. The van der Waals surface area contributed by atoms with Crippen molar-refractivity contribution in [2.75, 3.05) is 44.1 Å². The number of fused-ring (bicyclic) bond motifs is 2. The number of amides is 1. The molecule has 10 heteroatoms. The van der Waals surface area contributed by atoms with Crippen molar-refractivity contribution in [3.63, 3.8) is 0 Å². The zero-order valence-electron chi connectivity index (χ0n) is 16.2. The maximum atomic E-state index is 12.9. The van der Waals surface area contributed by atoms with Gasteiger partial charge in [0, 0.05) is 38.0 Å². The first-order valence-electron chi connectivity index (χ1n) is 9.43. The third-order valence-electron chi connectivity index (χ3n) is 5.23. The SMILES string of the molecule is CS(=O)(=O)c1ccc2nc(N3CCN(C(=O)c4ccc5c(c4)OCO5)CC3)sc2c1. The van der Waals surface area contributed by atoms with Gasteiger partial charge < -0.3 is 19.3 Å². The van der Waals surface area contributed by atoms with E-state index in [4.69, 9.17) is 9.47 Å². The van der Waals surface area contributed by atoms with Crippen molar-refractivity contribution in [3.05, 3.63) is 42.0 Å². The van der Waals surface area contributed by atoms with Gasteiger partial charge in [0.05, 0.1) is 15.1 Å². The van der Waals surface area contributed by atoms with E-state index >= 15 is 0 Å². The summed E-state index contributed by atoms with van der Waals surface area (Å²) >= 11 is 1.47. The van der Waals surface area contributed by atoms with Gasteiger partial charge in [0.15, 0.2) is 26.5 Å². The third kappa shape index (κ3) is 3.46. The number of rotatable bonds is 3. The lowest BCUT2D eigenvalue weighted by Gasteiger charge is -2.34. The molecule has 0 spiro atoms. The molecule has 2 aliphatic rings. The van der Waals surface area contributed by atoms with E-state index in [1.165, 1.54) is 17.6 Å². The van der Waals surface area contributed by atoms with Crippen LogP contribution in [0.2, 0.25) is 0 Å². The Morgan fingerprint density at radius 1 is 1.03 bits per heavy atom. The molecular weight excluding hydrogens is 426 g/mol. The van der Waals surface area contributed by atoms with E-state index in [0.29, 0.717) is 48.1 Å². The molecular formula is C20H19N3O5S2. The molecule has 1 fully saturated rings.